The van der Waals surface area contributed by atoms with Crippen molar-refractivity contribution in [3.8, 4) is 23.0 Å². The van der Waals surface area contributed by atoms with Crippen molar-refractivity contribution >= 4 is 29.6 Å². The van der Waals surface area contributed by atoms with Crippen molar-refractivity contribution in [1.29, 1.82) is 0 Å². The van der Waals surface area contributed by atoms with Gasteiger partial charge in [0.2, 0.25) is 0 Å². The SMILES string of the molecule is CCCNC(=O)Oc1ccc(N=Cc2ccc(Oc3ccc(Cl)cc3)cc2O)c(C)c1. The maximum Gasteiger partial charge on any atom is 0.412 e. The first-order chi connectivity index (χ1) is 14.9. The molecule has 0 aliphatic rings. The minimum absolute atomic E-state index is 0.0421. The molecule has 160 valence electrons. The number of hydrogen-bond donors (Lipinski definition) is 2. The van der Waals surface area contributed by atoms with Crippen LogP contribution in [-0.2, 0) is 0 Å². The molecule has 0 aliphatic carbocycles. The third-order valence-corrected chi connectivity index (χ3v) is 4.54. The van der Waals surface area contributed by atoms with Crippen LogP contribution in [0.25, 0.3) is 0 Å². The van der Waals surface area contributed by atoms with Gasteiger partial charge in [-0.3, -0.25) is 4.99 Å². The Hall–Kier alpha value is -3.51. The van der Waals surface area contributed by atoms with Crippen molar-refractivity contribution in [2.75, 3.05) is 6.54 Å². The summed E-state index contributed by atoms with van der Waals surface area (Å²) in [7, 11) is 0. The van der Waals surface area contributed by atoms with Gasteiger partial charge < -0.3 is 19.9 Å². The van der Waals surface area contributed by atoms with Gasteiger partial charge in [-0.05, 0) is 73.5 Å². The minimum atomic E-state index is -0.483. The second-order valence-electron chi connectivity index (χ2n) is 6.80. The number of benzene rings is 3. The number of nitrogens with zero attached hydrogens (tertiary/aromatic N) is 1. The van der Waals surface area contributed by atoms with E-state index in [4.69, 9.17) is 21.1 Å². The molecule has 31 heavy (non-hydrogen) atoms. The first-order valence-electron chi connectivity index (χ1n) is 9.81. The third kappa shape index (κ3) is 6.49. The van der Waals surface area contributed by atoms with Gasteiger partial charge in [-0.2, -0.15) is 0 Å². The van der Waals surface area contributed by atoms with Gasteiger partial charge in [0.25, 0.3) is 0 Å². The number of amides is 1. The molecule has 0 aliphatic heterocycles. The van der Waals surface area contributed by atoms with Crippen molar-refractivity contribution in [3.63, 3.8) is 0 Å². The van der Waals surface area contributed by atoms with Gasteiger partial charge in [0.05, 0.1) is 5.69 Å². The number of aliphatic imine (C=N–C) groups is 1. The number of rotatable bonds is 7. The second-order valence-corrected chi connectivity index (χ2v) is 7.24. The number of aromatic hydroxyl groups is 1. The predicted octanol–water partition coefficient (Wildman–Crippen LogP) is 6.40. The molecule has 0 bridgehead atoms. The smallest absolute Gasteiger partial charge is 0.412 e. The fourth-order valence-corrected chi connectivity index (χ4v) is 2.81. The van der Waals surface area contributed by atoms with Gasteiger partial charge in [0, 0.05) is 29.4 Å². The number of ether oxygens (including phenoxy) is 2. The summed E-state index contributed by atoms with van der Waals surface area (Å²) in [6.07, 6.45) is 1.92. The van der Waals surface area contributed by atoms with Crippen molar-refractivity contribution in [2.45, 2.75) is 20.3 Å². The summed E-state index contributed by atoms with van der Waals surface area (Å²) in [5.41, 5.74) is 2.07. The summed E-state index contributed by atoms with van der Waals surface area (Å²) in [6, 6.07) is 17.1. The maximum atomic E-state index is 11.7. The molecule has 1 amide bonds. The molecule has 0 heterocycles. The average molecular weight is 439 g/mol. The Morgan fingerprint density at radius 3 is 2.45 bits per heavy atom. The van der Waals surface area contributed by atoms with E-state index in [0.29, 0.717) is 40.1 Å². The van der Waals surface area contributed by atoms with Crippen molar-refractivity contribution in [2.24, 2.45) is 4.99 Å². The molecule has 0 saturated carbocycles. The number of phenolic OH excluding ortho intramolecular Hbond substituents is 1. The highest BCUT2D eigenvalue weighted by Crippen LogP contribution is 2.29. The number of phenols is 1. The predicted molar refractivity (Wildman–Crippen MR) is 122 cm³/mol. The third-order valence-electron chi connectivity index (χ3n) is 4.29. The van der Waals surface area contributed by atoms with Crippen LogP contribution in [0.5, 0.6) is 23.0 Å². The summed E-state index contributed by atoms with van der Waals surface area (Å²) in [4.78, 5) is 16.1. The van der Waals surface area contributed by atoms with Crippen LogP contribution in [0, 0.1) is 6.92 Å². The lowest BCUT2D eigenvalue weighted by atomic mass is 10.2. The Balaban J connectivity index is 1.67. The van der Waals surface area contributed by atoms with Crippen LogP contribution in [0.3, 0.4) is 0 Å². The lowest BCUT2D eigenvalue weighted by Crippen LogP contribution is -2.27. The lowest BCUT2D eigenvalue weighted by Gasteiger charge is -2.08. The molecule has 6 nitrogen and oxygen atoms in total. The van der Waals surface area contributed by atoms with Crippen LogP contribution in [0.1, 0.15) is 24.5 Å². The summed E-state index contributed by atoms with van der Waals surface area (Å²) in [5, 5.41) is 13.6. The van der Waals surface area contributed by atoms with E-state index in [1.807, 2.05) is 13.8 Å². The Kier molecular flexibility index (Phi) is 7.51. The molecular formula is C24H23ClN2O4. The van der Waals surface area contributed by atoms with Crippen LogP contribution in [0.15, 0.2) is 65.7 Å². The fourth-order valence-electron chi connectivity index (χ4n) is 2.68. The quantitative estimate of drug-likeness (QED) is 0.418. The van der Waals surface area contributed by atoms with Crippen molar-refractivity contribution in [1.82, 2.24) is 5.32 Å². The summed E-state index contributed by atoms with van der Waals surface area (Å²) < 4.78 is 11.0. The van der Waals surface area contributed by atoms with Gasteiger partial charge in [-0.1, -0.05) is 18.5 Å². The first kappa shape index (κ1) is 22.2. The number of carbonyl (C=O) groups excluding carboxylic acids is 1. The number of aryl methyl sites for hydroxylation is 1. The van der Waals surface area contributed by atoms with Crippen molar-refractivity contribution < 1.29 is 19.4 Å². The summed E-state index contributed by atoms with van der Waals surface area (Å²) in [6.45, 7) is 4.40. The highest BCUT2D eigenvalue weighted by Gasteiger charge is 2.07. The summed E-state index contributed by atoms with van der Waals surface area (Å²) in [5.74, 6) is 1.60. The van der Waals surface area contributed by atoms with E-state index >= 15 is 0 Å². The lowest BCUT2D eigenvalue weighted by molar-refractivity contribution is 0.200. The van der Waals surface area contributed by atoms with Crippen LogP contribution in [0.2, 0.25) is 5.02 Å². The summed E-state index contributed by atoms with van der Waals surface area (Å²) >= 11 is 5.87. The number of hydrogen-bond acceptors (Lipinski definition) is 5. The normalized spacial score (nSPS) is 10.8. The largest absolute Gasteiger partial charge is 0.507 e. The van der Waals surface area contributed by atoms with E-state index in [9.17, 15) is 9.90 Å². The maximum absolute atomic E-state index is 11.7. The second kappa shape index (κ2) is 10.5. The van der Waals surface area contributed by atoms with Gasteiger partial charge in [0.1, 0.15) is 23.0 Å². The zero-order chi connectivity index (χ0) is 22.2. The number of halogens is 1. The average Bonchev–Trinajstić information content (AvgIpc) is 2.74. The van der Waals surface area contributed by atoms with E-state index < -0.39 is 6.09 Å². The molecule has 2 N–H and O–H groups in total. The standard InChI is InChI=1S/C24H23ClN2O4/c1-3-12-26-24(29)31-20-10-11-22(16(2)13-20)27-15-17-4-7-21(14-23(17)28)30-19-8-5-18(25)6-9-19/h4-11,13-15,28H,3,12H2,1-2H3,(H,26,29). The van der Waals surface area contributed by atoms with Crippen LogP contribution < -0.4 is 14.8 Å². The number of carbonyl (C=O) groups is 1. The van der Waals surface area contributed by atoms with Crippen LogP contribution in [-0.4, -0.2) is 24.0 Å². The van der Waals surface area contributed by atoms with Gasteiger partial charge in [-0.25, -0.2) is 4.79 Å². The molecule has 7 heteroatoms. The molecule has 0 spiro atoms. The zero-order valence-corrected chi connectivity index (χ0v) is 18.0. The molecule has 0 atom stereocenters. The van der Waals surface area contributed by atoms with E-state index in [2.05, 4.69) is 10.3 Å². The van der Waals surface area contributed by atoms with Crippen molar-refractivity contribution in [3.05, 3.63) is 76.8 Å². The molecule has 3 aromatic carbocycles. The van der Waals surface area contributed by atoms with E-state index in [-0.39, 0.29) is 5.75 Å². The topological polar surface area (TPSA) is 80.2 Å². The van der Waals surface area contributed by atoms with E-state index in [0.717, 1.165) is 12.0 Å². The molecule has 0 aromatic heterocycles. The Morgan fingerprint density at radius 2 is 1.77 bits per heavy atom. The van der Waals surface area contributed by atoms with Crippen LogP contribution >= 0.6 is 11.6 Å². The highest BCUT2D eigenvalue weighted by atomic mass is 35.5. The molecule has 3 rings (SSSR count). The first-order valence-corrected chi connectivity index (χ1v) is 10.2. The van der Waals surface area contributed by atoms with Gasteiger partial charge in [-0.15, -0.1) is 0 Å². The van der Waals surface area contributed by atoms with Gasteiger partial charge in [0.15, 0.2) is 0 Å². The molecular weight excluding hydrogens is 416 g/mol. The monoisotopic (exact) mass is 438 g/mol. The van der Waals surface area contributed by atoms with Crippen LogP contribution in [0.4, 0.5) is 10.5 Å². The molecule has 0 radical (unpaired) electrons. The fraction of sp³-hybridized carbons (Fsp3) is 0.167. The molecule has 0 fully saturated rings. The van der Waals surface area contributed by atoms with E-state index in [1.165, 1.54) is 6.07 Å². The highest BCUT2D eigenvalue weighted by molar-refractivity contribution is 6.30. The minimum Gasteiger partial charge on any atom is -0.507 e. The Morgan fingerprint density at radius 1 is 1.06 bits per heavy atom. The number of nitrogens with one attached hydrogen (secondary N) is 1. The molecule has 0 saturated heterocycles. The van der Waals surface area contributed by atoms with E-state index in [1.54, 1.807) is 60.8 Å². The Bertz CT molecular complexity index is 1080. The Labute approximate surface area is 186 Å². The molecule has 0 unspecified atom stereocenters. The zero-order valence-electron chi connectivity index (χ0n) is 17.3. The molecule has 3 aromatic rings. The van der Waals surface area contributed by atoms with Gasteiger partial charge >= 0.3 is 6.09 Å².